The number of hydrogen-bond acceptors (Lipinski definition) is 3. The molecule has 0 aliphatic rings. The Hall–Kier alpha value is -1.10. The average molecular weight is 337 g/mol. The van der Waals surface area contributed by atoms with E-state index in [9.17, 15) is 5.11 Å². The third-order valence-corrected chi connectivity index (χ3v) is 9.48. The SMILES string of the molecule is C=C(CO[Si](C)(C)C(C)(C)C)[C@H](C)[C@@H](O)c1ccc(OC)cc1. The lowest BCUT2D eigenvalue weighted by Crippen LogP contribution is -2.41. The number of benzene rings is 1. The summed E-state index contributed by atoms with van der Waals surface area (Å²) < 4.78 is 11.4. The highest BCUT2D eigenvalue weighted by Gasteiger charge is 2.37. The lowest BCUT2D eigenvalue weighted by Gasteiger charge is -2.37. The van der Waals surface area contributed by atoms with Gasteiger partial charge >= 0.3 is 0 Å². The van der Waals surface area contributed by atoms with Gasteiger partial charge in [0, 0.05) is 5.92 Å². The maximum Gasteiger partial charge on any atom is 0.192 e. The molecule has 2 atom stereocenters. The van der Waals surface area contributed by atoms with Gasteiger partial charge < -0.3 is 14.3 Å². The van der Waals surface area contributed by atoms with Crippen LogP contribution in [0, 0.1) is 5.92 Å². The molecule has 1 rings (SSSR count). The lowest BCUT2D eigenvalue weighted by atomic mass is 9.92. The molecule has 1 aromatic carbocycles. The zero-order valence-electron chi connectivity index (χ0n) is 15.6. The number of rotatable bonds is 7. The fourth-order valence-electron chi connectivity index (χ4n) is 1.93. The standard InChI is InChI=1S/C19H32O3Si/c1-14(13-22-23(7,8)19(3,4)5)15(2)18(20)16-9-11-17(21-6)12-10-16/h9-12,15,18,20H,1,13H2,2-8H3/t15-,18+/m0/s1. The van der Waals surface area contributed by atoms with Crippen molar-refractivity contribution in [1.82, 2.24) is 0 Å². The molecular weight excluding hydrogens is 304 g/mol. The maximum atomic E-state index is 10.6. The molecule has 0 saturated heterocycles. The van der Waals surface area contributed by atoms with E-state index in [2.05, 4.69) is 40.4 Å². The van der Waals surface area contributed by atoms with Crippen molar-refractivity contribution >= 4 is 8.32 Å². The van der Waals surface area contributed by atoms with Gasteiger partial charge in [0.15, 0.2) is 8.32 Å². The van der Waals surface area contributed by atoms with Crippen molar-refractivity contribution in [2.45, 2.75) is 51.9 Å². The Morgan fingerprint density at radius 2 is 1.74 bits per heavy atom. The molecule has 0 aliphatic carbocycles. The Morgan fingerprint density at radius 1 is 1.22 bits per heavy atom. The molecule has 0 fully saturated rings. The van der Waals surface area contributed by atoms with Gasteiger partial charge in [-0.2, -0.15) is 0 Å². The lowest BCUT2D eigenvalue weighted by molar-refractivity contribution is 0.128. The molecule has 4 heteroatoms. The second-order valence-corrected chi connectivity index (χ2v) is 12.5. The molecule has 0 saturated carbocycles. The second-order valence-electron chi connectivity index (χ2n) is 7.71. The van der Waals surface area contributed by atoms with Crippen LogP contribution in [-0.4, -0.2) is 27.1 Å². The molecule has 1 aromatic rings. The minimum atomic E-state index is -1.80. The second kappa shape index (κ2) is 7.64. The van der Waals surface area contributed by atoms with Crippen LogP contribution in [0.4, 0.5) is 0 Å². The Bertz CT molecular complexity index is 514. The largest absolute Gasteiger partial charge is 0.497 e. The van der Waals surface area contributed by atoms with Gasteiger partial charge in [0.25, 0.3) is 0 Å². The van der Waals surface area contributed by atoms with Crippen molar-refractivity contribution in [2.24, 2.45) is 5.92 Å². The number of aliphatic hydroxyl groups is 1. The zero-order chi connectivity index (χ0) is 17.8. The van der Waals surface area contributed by atoms with Gasteiger partial charge in [0.2, 0.25) is 0 Å². The molecule has 0 amide bonds. The predicted molar refractivity (Wildman–Crippen MR) is 99.4 cm³/mol. The molecular formula is C19H32O3Si. The molecule has 0 radical (unpaired) electrons. The number of methoxy groups -OCH3 is 1. The third-order valence-electron chi connectivity index (χ3n) is 5.00. The van der Waals surface area contributed by atoms with Crippen LogP contribution in [0.5, 0.6) is 5.75 Å². The average Bonchev–Trinajstić information content (AvgIpc) is 2.50. The first-order valence-electron chi connectivity index (χ1n) is 8.13. The van der Waals surface area contributed by atoms with E-state index in [-0.39, 0.29) is 11.0 Å². The van der Waals surface area contributed by atoms with E-state index >= 15 is 0 Å². The maximum absolute atomic E-state index is 10.6. The molecule has 1 N–H and O–H groups in total. The Morgan fingerprint density at radius 3 is 2.17 bits per heavy atom. The van der Waals surface area contributed by atoms with Crippen LogP contribution in [-0.2, 0) is 4.43 Å². The first kappa shape index (κ1) is 19.9. The quantitative estimate of drug-likeness (QED) is 0.566. The monoisotopic (exact) mass is 336 g/mol. The molecule has 0 bridgehead atoms. The predicted octanol–water partition coefficient (Wildman–Crippen LogP) is 4.94. The van der Waals surface area contributed by atoms with Gasteiger partial charge in [0.05, 0.1) is 19.8 Å². The summed E-state index contributed by atoms with van der Waals surface area (Å²) in [4.78, 5) is 0. The summed E-state index contributed by atoms with van der Waals surface area (Å²) >= 11 is 0. The molecule has 0 heterocycles. The van der Waals surface area contributed by atoms with Crippen LogP contribution in [0.25, 0.3) is 0 Å². The van der Waals surface area contributed by atoms with Crippen LogP contribution in [0.2, 0.25) is 18.1 Å². The number of hydrogen-bond donors (Lipinski definition) is 1. The van der Waals surface area contributed by atoms with Crippen LogP contribution < -0.4 is 4.74 Å². The van der Waals surface area contributed by atoms with Gasteiger partial charge in [-0.15, -0.1) is 0 Å². The highest BCUT2D eigenvalue weighted by Crippen LogP contribution is 2.37. The van der Waals surface area contributed by atoms with Gasteiger partial charge in [-0.3, -0.25) is 0 Å². The highest BCUT2D eigenvalue weighted by atomic mass is 28.4. The minimum Gasteiger partial charge on any atom is -0.497 e. The topological polar surface area (TPSA) is 38.7 Å². The summed E-state index contributed by atoms with van der Waals surface area (Å²) in [6.07, 6.45) is -0.587. The number of aliphatic hydroxyl groups excluding tert-OH is 1. The summed E-state index contributed by atoms with van der Waals surface area (Å²) in [5.74, 6) is 0.724. The van der Waals surface area contributed by atoms with Gasteiger partial charge in [-0.05, 0) is 41.4 Å². The first-order valence-corrected chi connectivity index (χ1v) is 11.0. The van der Waals surface area contributed by atoms with Crippen LogP contribution in [0.3, 0.4) is 0 Å². The van der Waals surface area contributed by atoms with E-state index in [1.54, 1.807) is 7.11 Å². The van der Waals surface area contributed by atoms with Gasteiger partial charge in [-0.25, -0.2) is 0 Å². The summed E-state index contributed by atoms with van der Waals surface area (Å²) in [6, 6.07) is 7.50. The van der Waals surface area contributed by atoms with Crippen molar-refractivity contribution in [1.29, 1.82) is 0 Å². The van der Waals surface area contributed by atoms with Crippen molar-refractivity contribution in [3.63, 3.8) is 0 Å². The van der Waals surface area contributed by atoms with Crippen molar-refractivity contribution in [3.05, 3.63) is 42.0 Å². The van der Waals surface area contributed by atoms with E-state index in [1.807, 2.05) is 31.2 Å². The fourth-order valence-corrected chi connectivity index (χ4v) is 2.91. The van der Waals surface area contributed by atoms with Crippen LogP contribution in [0.15, 0.2) is 36.4 Å². The van der Waals surface area contributed by atoms with Crippen molar-refractivity contribution in [2.75, 3.05) is 13.7 Å². The normalized spacial score (nSPS) is 15.1. The molecule has 130 valence electrons. The molecule has 0 spiro atoms. The van der Waals surface area contributed by atoms with Crippen molar-refractivity contribution in [3.8, 4) is 5.75 Å². The Labute approximate surface area is 142 Å². The smallest absolute Gasteiger partial charge is 0.192 e. The fraction of sp³-hybridized carbons (Fsp3) is 0.579. The minimum absolute atomic E-state index is 0.0619. The third kappa shape index (κ3) is 5.20. The molecule has 3 nitrogen and oxygen atoms in total. The van der Waals surface area contributed by atoms with E-state index < -0.39 is 14.4 Å². The van der Waals surface area contributed by atoms with E-state index in [4.69, 9.17) is 9.16 Å². The molecule has 23 heavy (non-hydrogen) atoms. The van der Waals surface area contributed by atoms with Crippen LogP contribution >= 0.6 is 0 Å². The Balaban J connectivity index is 2.68. The number of ether oxygens (including phenoxy) is 1. The van der Waals surface area contributed by atoms with E-state index in [0.717, 1.165) is 16.9 Å². The molecule has 0 unspecified atom stereocenters. The summed E-state index contributed by atoms with van der Waals surface area (Å²) in [6.45, 7) is 17.7. The summed E-state index contributed by atoms with van der Waals surface area (Å²) in [5, 5.41) is 10.7. The highest BCUT2D eigenvalue weighted by molar-refractivity contribution is 6.74. The Kier molecular flexibility index (Phi) is 6.63. The zero-order valence-corrected chi connectivity index (χ0v) is 16.6. The first-order chi connectivity index (χ1) is 10.5. The van der Waals surface area contributed by atoms with E-state index in [1.165, 1.54) is 0 Å². The van der Waals surface area contributed by atoms with Crippen molar-refractivity contribution < 1.29 is 14.3 Å². The van der Waals surface area contributed by atoms with Crippen LogP contribution in [0.1, 0.15) is 39.4 Å². The van der Waals surface area contributed by atoms with Gasteiger partial charge in [-0.1, -0.05) is 46.4 Å². The van der Waals surface area contributed by atoms with Gasteiger partial charge in [0.1, 0.15) is 5.75 Å². The molecule has 0 aliphatic heterocycles. The molecule has 0 aromatic heterocycles. The summed E-state index contributed by atoms with van der Waals surface area (Å²) in [5.41, 5.74) is 1.80. The van der Waals surface area contributed by atoms with E-state index in [0.29, 0.717) is 6.61 Å². The summed E-state index contributed by atoms with van der Waals surface area (Å²) in [7, 11) is -0.166.